The number of ether oxygens (including phenoxy) is 1. The molecule has 6 rings (SSSR count). The summed E-state index contributed by atoms with van der Waals surface area (Å²) in [6.07, 6.45) is 0. The van der Waals surface area contributed by atoms with Crippen molar-refractivity contribution in [2.45, 2.75) is 0 Å². The van der Waals surface area contributed by atoms with Gasteiger partial charge in [-0.15, -0.1) is 0 Å². The molecule has 5 heteroatoms. The Labute approximate surface area is 225 Å². The molecule has 188 valence electrons. The Balaban J connectivity index is 1.72. The van der Waals surface area contributed by atoms with Gasteiger partial charge in [0.25, 0.3) is 0 Å². The summed E-state index contributed by atoms with van der Waals surface area (Å²) in [5.41, 5.74) is 4.84. The van der Waals surface area contributed by atoms with Crippen LogP contribution in [0.15, 0.2) is 121 Å². The number of hydrogen-bond acceptors (Lipinski definition) is 5. The van der Waals surface area contributed by atoms with E-state index in [1.807, 2.05) is 109 Å². The predicted octanol–water partition coefficient (Wildman–Crippen LogP) is 6.99. The van der Waals surface area contributed by atoms with Crippen LogP contribution >= 0.6 is 0 Å². The Morgan fingerprint density at radius 3 is 2.10 bits per heavy atom. The first-order chi connectivity index (χ1) is 19.1. The number of rotatable bonds is 5. The lowest BCUT2D eigenvalue weighted by molar-refractivity contribution is -0.137. The van der Waals surface area contributed by atoms with Gasteiger partial charge >= 0.3 is 5.97 Å². The highest BCUT2D eigenvalue weighted by atomic mass is 16.5. The third-order valence-corrected chi connectivity index (χ3v) is 6.95. The third-order valence-electron chi connectivity index (χ3n) is 6.95. The first-order valence-electron chi connectivity index (χ1n) is 12.5. The van der Waals surface area contributed by atoms with Crippen LogP contribution in [0.3, 0.4) is 0 Å². The van der Waals surface area contributed by atoms with Crippen molar-refractivity contribution in [2.75, 3.05) is 12.4 Å². The van der Waals surface area contributed by atoms with E-state index in [1.165, 1.54) is 7.11 Å². The molecule has 0 saturated heterocycles. The topological polar surface area (TPSA) is 72.5 Å². The molecule has 0 aliphatic heterocycles. The van der Waals surface area contributed by atoms with Crippen molar-refractivity contribution >= 4 is 45.3 Å². The number of carbonyl (C=O) groups excluding carboxylic acids is 3. The van der Waals surface area contributed by atoms with Crippen LogP contribution in [-0.4, -0.2) is 24.6 Å². The second-order valence-electron chi connectivity index (χ2n) is 9.23. The maximum atomic E-state index is 13.5. The van der Waals surface area contributed by atoms with Gasteiger partial charge in [0.1, 0.15) is 5.57 Å². The Kier molecular flexibility index (Phi) is 6.10. The standard InChI is InChI=1S/C34H23NO4/c1-39-34(38)31-30(27-20-23(21-10-4-2-5-11-21)16-18-26(27)32(36)33(31)37)29-25-15-9-8-12-22(25)17-19-28(29)35-24-13-6-3-7-14-24/h2-20,35H,1H3. The van der Waals surface area contributed by atoms with Crippen molar-refractivity contribution in [3.63, 3.8) is 0 Å². The van der Waals surface area contributed by atoms with E-state index < -0.39 is 17.5 Å². The van der Waals surface area contributed by atoms with E-state index in [4.69, 9.17) is 4.74 Å². The van der Waals surface area contributed by atoms with Crippen LogP contribution in [0.4, 0.5) is 11.4 Å². The van der Waals surface area contributed by atoms with Crippen molar-refractivity contribution in [2.24, 2.45) is 0 Å². The van der Waals surface area contributed by atoms with Crippen molar-refractivity contribution in [3.8, 4) is 11.1 Å². The average Bonchev–Trinajstić information content (AvgIpc) is 2.99. The number of fused-ring (bicyclic) bond motifs is 2. The number of nitrogens with one attached hydrogen (secondary N) is 1. The molecule has 0 saturated carbocycles. The quantitative estimate of drug-likeness (QED) is 0.157. The number of hydrogen-bond donors (Lipinski definition) is 1. The van der Waals surface area contributed by atoms with Crippen LogP contribution in [0.1, 0.15) is 21.5 Å². The lowest BCUT2D eigenvalue weighted by Crippen LogP contribution is -2.29. The van der Waals surface area contributed by atoms with Crippen molar-refractivity contribution in [3.05, 3.63) is 138 Å². The molecule has 1 N–H and O–H groups in total. The van der Waals surface area contributed by atoms with Gasteiger partial charge in [-0.1, -0.05) is 84.9 Å². The van der Waals surface area contributed by atoms with Crippen LogP contribution in [0.5, 0.6) is 0 Å². The molecule has 5 nitrogen and oxygen atoms in total. The van der Waals surface area contributed by atoms with Crippen LogP contribution in [0, 0.1) is 0 Å². The Morgan fingerprint density at radius 2 is 1.36 bits per heavy atom. The normalized spacial score (nSPS) is 12.8. The van der Waals surface area contributed by atoms with E-state index >= 15 is 0 Å². The molecule has 0 bridgehead atoms. The number of anilines is 2. The predicted molar refractivity (Wildman–Crippen MR) is 153 cm³/mol. The van der Waals surface area contributed by atoms with E-state index in [0.29, 0.717) is 22.4 Å². The van der Waals surface area contributed by atoms with Gasteiger partial charge in [-0.25, -0.2) is 4.79 Å². The SMILES string of the molecule is COC(=O)C1=C(c2c(Nc3ccccc3)ccc3ccccc23)c2cc(-c3ccccc3)ccc2C(=O)C1=O. The van der Waals surface area contributed by atoms with Gasteiger partial charge in [0.15, 0.2) is 0 Å². The molecule has 0 atom stereocenters. The van der Waals surface area contributed by atoms with Gasteiger partial charge in [-0.2, -0.15) is 0 Å². The first kappa shape index (κ1) is 24.1. The van der Waals surface area contributed by atoms with Crippen LogP contribution in [0.25, 0.3) is 27.5 Å². The van der Waals surface area contributed by atoms with Gasteiger partial charge in [0.05, 0.1) is 7.11 Å². The molecule has 5 aromatic rings. The number of carbonyl (C=O) groups is 3. The summed E-state index contributed by atoms with van der Waals surface area (Å²) in [5, 5.41) is 5.21. The largest absolute Gasteiger partial charge is 0.465 e. The maximum Gasteiger partial charge on any atom is 0.342 e. The Morgan fingerprint density at radius 1 is 0.667 bits per heavy atom. The molecule has 0 radical (unpaired) electrons. The highest BCUT2D eigenvalue weighted by Crippen LogP contribution is 2.43. The van der Waals surface area contributed by atoms with Crippen molar-refractivity contribution in [1.82, 2.24) is 0 Å². The molecule has 0 amide bonds. The summed E-state index contributed by atoms with van der Waals surface area (Å²) < 4.78 is 5.07. The van der Waals surface area contributed by atoms with Gasteiger partial charge in [0.2, 0.25) is 11.6 Å². The first-order valence-corrected chi connectivity index (χ1v) is 12.5. The summed E-state index contributed by atoms with van der Waals surface area (Å²) in [6, 6.07) is 36.4. The van der Waals surface area contributed by atoms with Crippen molar-refractivity contribution in [1.29, 1.82) is 0 Å². The van der Waals surface area contributed by atoms with Gasteiger partial charge in [-0.3, -0.25) is 9.59 Å². The number of methoxy groups -OCH3 is 1. The molecule has 0 unspecified atom stereocenters. The molecule has 1 aliphatic carbocycles. The Hall–Kier alpha value is -5.29. The third kappa shape index (κ3) is 4.20. The molecular formula is C34H23NO4. The molecular weight excluding hydrogens is 486 g/mol. The summed E-state index contributed by atoms with van der Waals surface area (Å²) in [6.45, 7) is 0. The molecule has 0 fully saturated rings. The zero-order chi connectivity index (χ0) is 26.9. The summed E-state index contributed by atoms with van der Waals surface area (Å²) in [5.74, 6) is -2.46. The average molecular weight is 510 g/mol. The molecule has 1 aliphatic rings. The minimum absolute atomic E-state index is 0.251. The summed E-state index contributed by atoms with van der Waals surface area (Å²) in [7, 11) is 1.22. The van der Waals surface area contributed by atoms with Crippen LogP contribution < -0.4 is 5.32 Å². The smallest absolute Gasteiger partial charge is 0.342 e. The second kappa shape index (κ2) is 9.88. The zero-order valence-corrected chi connectivity index (χ0v) is 21.1. The Bertz CT molecular complexity index is 1800. The van der Waals surface area contributed by atoms with E-state index in [1.54, 1.807) is 6.07 Å². The monoisotopic (exact) mass is 509 g/mol. The molecule has 0 aromatic heterocycles. The number of para-hydroxylation sites is 1. The number of Topliss-reactive ketones (excluding diaryl/α,β-unsaturated/α-hetero) is 2. The summed E-state index contributed by atoms with van der Waals surface area (Å²) in [4.78, 5) is 40.0. The maximum absolute atomic E-state index is 13.5. The van der Waals surface area contributed by atoms with Crippen molar-refractivity contribution < 1.29 is 19.1 Å². The fourth-order valence-corrected chi connectivity index (χ4v) is 5.12. The lowest BCUT2D eigenvalue weighted by atomic mass is 9.78. The molecule has 5 aromatic carbocycles. The minimum Gasteiger partial charge on any atom is -0.465 e. The van der Waals surface area contributed by atoms with Gasteiger partial charge < -0.3 is 10.1 Å². The molecule has 0 heterocycles. The zero-order valence-electron chi connectivity index (χ0n) is 21.1. The van der Waals surface area contributed by atoms with Crippen LogP contribution in [-0.2, 0) is 14.3 Å². The van der Waals surface area contributed by atoms with Gasteiger partial charge in [-0.05, 0) is 57.8 Å². The fraction of sp³-hybridized carbons (Fsp3) is 0.0294. The van der Waals surface area contributed by atoms with E-state index in [9.17, 15) is 14.4 Å². The van der Waals surface area contributed by atoms with E-state index in [2.05, 4.69) is 5.32 Å². The number of ketones is 2. The van der Waals surface area contributed by atoms with Crippen LogP contribution in [0.2, 0.25) is 0 Å². The molecule has 0 spiro atoms. The van der Waals surface area contributed by atoms with E-state index in [0.717, 1.165) is 27.6 Å². The fourth-order valence-electron chi connectivity index (χ4n) is 5.12. The van der Waals surface area contributed by atoms with E-state index in [-0.39, 0.29) is 11.1 Å². The minimum atomic E-state index is -0.879. The summed E-state index contributed by atoms with van der Waals surface area (Å²) >= 11 is 0. The number of benzene rings is 5. The second-order valence-corrected chi connectivity index (χ2v) is 9.23. The lowest BCUT2D eigenvalue weighted by Gasteiger charge is -2.25. The highest BCUT2D eigenvalue weighted by Gasteiger charge is 2.39. The highest BCUT2D eigenvalue weighted by molar-refractivity contribution is 6.58. The van der Waals surface area contributed by atoms with Gasteiger partial charge in [0, 0.05) is 28.1 Å². The molecule has 39 heavy (non-hydrogen) atoms. The number of esters is 1.